The third kappa shape index (κ3) is 2.51. The van der Waals surface area contributed by atoms with Crippen molar-refractivity contribution in [3.63, 3.8) is 0 Å². The minimum atomic E-state index is -0.162. The quantitative estimate of drug-likeness (QED) is 0.877. The molecule has 90 valence electrons. The van der Waals surface area contributed by atoms with Crippen molar-refractivity contribution in [1.82, 2.24) is 15.3 Å². The molecule has 0 fully saturated rings. The zero-order chi connectivity index (χ0) is 12.5. The lowest BCUT2D eigenvalue weighted by molar-refractivity contribution is 0.421. The average Bonchev–Trinajstić information content (AvgIpc) is 2.80. The molecule has 2 aromatic rings. The van der Waals surface area contributed by atoms with Crippen molar-refractivity contribution in [3.8, 4) is 11.3 Å². The third-order valence-corrected chi connectivity index (χ3v) is 3.20. The van der Waals surface area contributed by atoms with E-state index >= 15 is 0 Å². The Morgan fingerprint density at radius 1 is 1.24 bits per heavy atom. The van der Waals surface area contributed by atoms with E-state index in [0.29, 0.717) is 0 Å². The summed E-state index contributed by atoms with van der Waals surface area (Å²) in [6.07, 6.45) is 1.84. The van der Waals surface area contributed by atoms with E-state index in [4.69, 9.17) is 11.6 Å². The Hall–Kier alpha value is -1.32. The van der Waals surface area contributed by atoms with Crippen LogP contribution in [-0.4, -0.2) is 17.0 Å². The second kappa shape index (κ2) is 4.51. The van der Waals surface area contributed by atoms with E-state index in [1.54, 1.807) is 0 Å². The second-order valence-corrected chi connectivity index (χ2v) is 4.96. The molecule has 4 heteroatoms. The van der Waals surface area contributed by atoms with Crippen molar-refractivity contribution in [1.29, 1.82) is 0 Å². The molecule has 0 bridgehead atoms. The topological polar surface area (TPSA) is 40.7 Å². The SMILES string of the molecule is CNC(C)(C)c1ncc(-c2ccc(Cl)cc2)[nH]1. The van der Waals surface area contributed by atoms with E-state index in [9.17, 15) is 0 Å². The molecule has 1 heterocycles. The zero-order valence-corrected chi connectivity index (χ0v) is 11.0. The van der Waals surface area contributed by atoms with Gasteiger partial charge in [0.2, 0.25) is 0 Å². The first kappa shape index (κ1) is 12.1. The molecular weight excluding hydrogens is 234 g/mol. The lowest BCUT2D eigenvalue weighted by Gasteiger charge is -2.20. The van der Waals surface area contributed by atoms with Crippen LogP contribution in [0.25, 0.3) is 11.3 Å². The van der Waals surface area contributed by atoms with E-state index in [0.717, 1.165) is 22.1 Å². The monoisotopic (exact) mass is 249 g/mol. The number of rotatable bonds is 3. The van der Waals surface area contributed by atoms with Gasteiger partial charge in [-0.15, -0.1) is 0 Å². The van der Waals surface area contributed by atoms with Gasteiger partial charge in [-0.05, 0) is 38.6 Å². The van der Waals surface area contributed by atoms with Gasteiger partial charge in [0, 0.05) is 5.02 Å². The predicted molar refractivity (Wildman–Crippen MR) is 71.1 cm³/mol. The highest BCUT2D eigenvalue weighted by Crippen LogP contribution is 2.23. The normalized spacial score (nSPS) is 11.8. The molecule has 2 N–H and O–H groups in total. The number of halogens is 1. The van der Waals surface area contributed by atoms with Gasteiger partial charge in [-0.3, -0.25) is 0 Å². The summed E-state index contributed by atoms with van der Waals surface area (Å²) in [5, 5.41) is 3.96. The highest BCUT2D eigenvalue weighted by Gasteiger charge is 2.21. The van der Waals surface area contributed by atoms with Crippen molar-refractivity contribution in [2.75, 3.05) is 7.05 Å². The van der Waals surface area contributed by atoms with Crippen LogP contribution in [-0.2, 0) is 5.54 Å². The highest BCUT2D eigenvalue weighted by atomic mass is 35.5. The third-order valence-electron chi connectivity index (χ3n) is 2.95. The molecule has 0 saturated carbocycles. The van der Waals surface area contributed by atoms with Crippen molar-refractivity contribution >= 4 is 11.6 Å². The first-order valence-electron chi connectivity index (χ1n) is 5.53. The Balaban J connectivity index is 2.33. The predicted octanol–water partition coefficient (Wildman–Crippen LogP) is 3.18. The zero-order valence-electron chi connectivity index (χ0n) is 10.2. The summed E-state index contributed by atoms with van der Waals surface area (Å²) in [5.41, 5.74) is 1.92. The maximum Gasteiger partial charge on any atom is 0.126 e. The van der Waals surface area contributed by atoms with E-state index in [1.807, 2.05) is 37.5 Å². The van der Waals surface area contributed by atoms with Crippen LogP contribution in [0.1, 0.15) is 19.7 Å². The van der Waals surface area contributed by atoms with Crippen molar-refractivity contribution < 1.29 is 0 Å². The fourth-order valence-electron chi connectivity index (χ4n) is 1.53. The van der Waals surface area contributed by atoms with Gasteiger partial charge in [-0.2, -0.15) is 0 Å². The Kier molecular flexibility index (Phi) is 3.22. The lowest BCUT2D eigenvalue weighted by atomic mass is 10.1. The van der Waals surface area contributed by atoms with Gasteiger partial charge in [0.15, 0.2) is 0 Å². The van der Waals surface area contributed by atoms with Gasteiger partial charge >= 0.3 is 0 Å². The Bertz CT molecular complexity index is 500. The maximum atomic E-state index is 5.86. The molecule has 0 spiro atoms. The van der Waals surface area contributed by atoms with Crippen LogP contribution in [0, 0.1) is 0 Å². The van der Waals surface area contributed by atoms with Gasteiger partial charge in [0.1, 0.15) is 5.82 Å². The molecule has 0 atom stereocenters. The number of nitrogens with zero attached hydrogens (tertiary/aromatic N) is 1. The summed E-state index contributed by atoms with van der Waals surface area (Å²) >= 11 is 5.86. The first-order valence-corrected chi connectivity index (χ1v) is 5.91. The molecular formula is C13H16ClN3. The van der Waals surface area contributed by atoms with Crippen LogP contribution in [0.4, 0.5) is 0 Å². The molecule has 2 rings (SSSR count). The summed E-state index contributed by atoms with van der Waals surface area (Å²) in [6.45, 7) is 4.16. The molecule has 0 amide bonds. The number of nitrogens with one attached hydrogen (secondary N) is 2. The van der Waals surface area contributed by atoms with Gasteiger partial charge in [0.25, 0.3) is 0 Å². The van der Waals surface area contributed by atoms with Crippen LogP contribution in [0.3, 0.4) is 0 Å². The van der Waals surface area contributed by atoms with E-state index in [-0.39, 0.29) is 5.54 Å². The number of imidazole rings is 1. The fourth-order valence-corrected chi connectivity index (χ4v) is 1.66. The lowest BCUT2D eigenvalue weighted by Crippen LogP contribution is -2.34. The van der Waals surface area contributed by atoms with Gasteiger partial charge in [-0.1, -0.05) is 23.7 Å². The molecule has 0 saturated heterocycles. The standard InChI is InChI=1S/C13H16ClN3/c1-13(2,15-3)12-16-8-11(17-12)9-4-6-10(14)7-5-9/h4-8,15H,1-3H3,(H,16,17). The molecule has 0 aliphatic rings. The highest BCUT2D eigenvalue weighted by molar-refractivity contribution is 6.30. The molecule has 17 heavy (non-hydrogen) atoms. The van der Waals surface area contributed by atoms with Crippen molar-refractivity contribution in [2.45, 2.75) is 19.4 Å². The van der Waals surface area contributed by atoms with Crippen molar-refractivity contribution in [3.05, 3.63) is 41.3 Å². The minimum absolute atomic E-state index is 0.162. The number of aromatic amines is 1. The molecule has 1 aromatic heterocycles. The van der Waals surface area contributed by atoms with Crippen LogP contribution < -0.4 is 5.32 Å². The Morgan fingerprint density at radius 3 is 2.47 bits per heavy atom. The average molecular weight is 250 g/mol. The van der Waals surface area contributed by atoms with E-state index in [2.05, 4.69) is 29.1 Å². The smallest absolute Gasteiger partial charge is 0.126 e. The van der Waals surface area contributed by atoms with Gasteiger partial charge < -0.3 is 10.3 Å². The molecule has 3 nitrogen and oxygen atoms in total. The van der Waals surface area contributed by atoms with Crippen LogP contribution in [0.5, 0.6) is 0 Å². The largest absolute Gasteiger partial charge is 0.340 e. The minimum Gasteiger partial charge on any atom is -0.340 e. The summed E-state index contributed by atoms with van der Waals surface area (Å²) in [6, 6.07) is 7.71. The molecule has 0 aliphatic carbocycles. The van der Waals surface area contributed by atoms with Crippen molar-refractivity contribution in [2.24, 2.45) is 0 Å². The fraction of sp³-hybridized carbons (Fsp3) is 0.308. The van der Waals surface area contributed by atoms with Crippen LogP contribution in [0.2, 0.25) is 5.02 Å². The van der Waals surface area contributed by atoms with E-state index < -0.39 is 0 Å². The van der Waals surface area contributed by atoms with E-state index in [1.165, 1.54) is 0 Å². The number of aromatic nitrogens is 2. The first-order chi connectivity index (χ1) is 8.03. The Labute approximate surface area is 106 Å². The molecule has 0 aliphatic heterocycles. The summed E-state index contributed by atoms with van der Waals surface area (Å²) in [7, 11) is 1.92. The van der Waals surface area contributed by atoms with Gasteiger partial charge in [-0.25, -0.2) is 4.98 Å². The summed E-state index contributed by atoms with van der Waals surface area (Å²) in [5.74, 6) is 0.921. The number of hydrogen-bond donors (Lipinski definition) is 2. The van der Waals surface area contributed by atoms with Crippen LogP contribution >= 0.6 is 11.6 Å². The second-order valence-electron chi connectivity index (χ2n) is 4.53. The number of H-pyrrole nitrogens is 1. The number of hydrogen-bond acceptors (Lipinski definition) is 2. The summed E-state index contributed by atoms with van der Waals surface area (Å²) < 4.78 is 0. The van der Waals surface area contributed by atoms with Gasteiger partial charge in [0.05, 0.1) is 17.4 Å². The maximum absolute atomic E-state index is 5.86. The van der Waals surface area contributed by atoms with Crippen LogP contribution in [0.15, 0.2) is 30.5 Å². The number of benzene rings is 1. The molecule has 0 unspecified atom stereocenters. The summed E-state index contributed by atoms with van der Waals surface area (Å²) in [4.78, 5) is 7.73. The molecule has 0 radical (unpaired) electrons. The Morgan fingerprint density at radius 2 is 1.88 bits per heavy atom. The molecule has 1 aromatic carbocycles.